The maximum absolute atomic E-state index is 12.3. The number of H-pyrrole nitrogens is 1. The number of anilines is 1. The highest BCUT2D eigenvalue weighted by molar-refractivity contribution is 5.99. The number of aromatic amines is 1. The van der Waals surface area contributed by atoms with E-state index in [1.54, 1.807) is 29.6 Å². The molecule has 2 aromatic rings. The van der Waals surface area contributed by atoms with Crippen molar-refractivity contribution >= 4 is 42.3 Å². The molecule has 3 amide bonds. The van der Waals surface area contributed by atoms with Crippen molar-refractivity contribution in [2.24, 2.45) is 10.9 Å². The van der Waals surface area contributed by atoms with Gasteiger partial charge >= 0.3 is 12.2 Å². The Morgan fingerprint density at radius 1 is 1.37 bits per heavy atom. The quantitative estimate of drug-likeness (QED) is 0.245. The van der Waals surface area contributed by atoms with Crippen LogP contribution >= 0.6 is 0 Å². The predicted octanol–water partition coefficient (Wildman–Crippen LogP) is 3.27. The lowest BCUT2D eigenvalue weighted by molar-refractivity contribution is -0.142. The number of likely N-dealkylation sites (tertiary alicyclic amines) is 1. The number of amides is 3. The number of allylic oxidation sites excluding steroid dienone is 1. The van der Waals surface area contributed by atoms with Gasteiger partial charge in [-0.1, -0.05) is 12.1 Å². The average Bonchev–Trinajstić information content (AvgIpc) is 3.38. The third-order valence-electron chi connectivity index (χ3n) is 6.02. The van der Waals surface area contributed by atoms with E-state index in [0.717, 1.165) is 12.4 Å². The van der Waals surface area contributed by atoms with E-state index in [4.69, 9.17) is 15.6 Å². The number of hydrogen-bond donors (Lipinski definition) is 5. The summed E-state index contributed by atoms with van der Waals surface area (Å²) in [6.45, 7) is -1.04. The van der Waals surface area contributed by atoms with Gasteiger partial charge in [0.25, 0.3) is 0 Å². The van der Waals surface area contributed by atoms with Crippen LogP contribution in [0.15, 0.2) is 41.0 Å². The third kappa shape index (κ3) is 8.57. The lowest BCUT2D eigenvalue weighted by atomic mass is 9.87. The molecular formula is C26H28F3N9O3. The molecule has 1 aliphatic rings. The van der Waals surface area contributed by atoms with Gasteiger partial charge in [0.05, 0.1) is 30.3 Å². The lowest BCUT2D eigenvalue weighted by Crippen LogP contribution is -2.63. The molecule has 2 heterocycles. The van der Waals surface area contributed by atoms with Gasteiger partial charge in [0, 0.05) is 50.1 Å². The Labute approximate surface area is 233 Å². The number of methoxy groups -OCH3 is 1. The van der Waals surface area contributed by atoms with Crippen molar-refractivity contribution in [2.75, 3.05) is 38.7 Å². The van der Waals surface area contributed by atoms with Gasteiger partial charge in [0.2, 0.25) is 5.91 Å². The SMILES string of the molecule is COCC(=O)N1CC(CC#N)(N=CC(C=N)/C(C=N)=C/c2ncc(-c3cccc(NC(=O)NCC(F)(F)F)c3)[nH]2)C1. The van der Waals surface area contributed by atoms with Crippen LogP contribution in [0.5, 0.6) is 0 Å². The summed E-state index contributed by atoms with van der Waals surface area (Å²) in [6, 6.07) is 7.46. The summed E-state index contributed by atoms with van der Waals surface area (Å²) in [6.07, 6.45) is 2.23. The molecule has 1 aromatic heterocycles. The lowest BCUT2D eigenvalue weighted by Gasteiger charge is -2.46. The Kier molecular flexibility index (Phi) is 10.1. The number of imidazole rings is 1. The number of aliphatic imine (C=N–C) groups is 1. The maximum Gasteiger partial charge on any atom is 0.405 e. The van der Waals surface area contributed by atoms with Gasteiger partial charge in [-0.25, -0.2) is 9.78 Å². The standard InChI is InChI=1S/C26H28F3N9O3/c1-41-13-23(39)38-15-25(16-38,5-6-30)35-11-19(10-32)18(9-31)8-22-33-12-21(37-22)17-3-2-4-20(7-17)36-24(40)34-14-26(27,28)29/h2-4,7-12,19,31-32H,5,13-16H2,1H3,(H,33,37)(H2,34,36,40)/b18-8+,31-9?,32-10?,35-11?. The van der Waals surface area contributed by atoms with Gasteiger partial charge < -0.3 is 36.1 Å². The molecule has 0 bridgehead atoms. The summed E-state index contributed by atoms with van der Waals surface area (Å²) in [5.41, 5.74) is 0.957. The zero-order chi connectivity index (χ0) is 30.0. The largest absolute Gasteiger partial charge is 0.405 e. The van der Waals surface area contributed by atoms with Gasteiger partial charge in [-0.15, -0.1) is 0 Å². The van der Waals surface area contributed by atoms with Crippen molar-refractivity contribution in [3.8, 4) is 17.3 Å². The first-order valence-electron chi connectivity index (χ1n) is 12.2. The third-order valence-corrected chi connectivity index (χ3v) is 6.02. The number of benzene rings is 1. The van der Waals surface area contributed by atoms with E-state index in [1.807, 2.05) is 0 Å². The van der Waals surface area contributed by atoms with Crippen LogP contribution in [0.2, 0.25) is 0 Å². The van der Waals surface area contributed by atoms with Gasteiger partial charge in [0.15, 0.2) is 0 Å². The van der Waals surface area contributed by atoms with Crippen LogP contribution in [0.1, 0.15) is 12.2 Å². The first kappa shape index (κ1) is 30.7. The Morgan fingerprint density at radius 3 is 2.76 bits per heavy atom. The summed E-state index contributed by atoms with van der Waals surface area (Å²) < 4.78 is 41.8. The smallest absolute Gasteiger partial charge is 0.375 e. The molecule has 1 aliphatic heterocycles. The maximum atomic E-state index is 12.3. The first-order valence-corrected chi connectivity index (χ1v) is 12.2. The number of nitriles is 1. The molecule has 12 nitrogen and oxygen atoms in total. The van der Waals surface area contributed by atoms with Crippen LogP contribution in [0.4, 0.5) is 23.7 Å². The normalized spacial score (nSPS) is 15.5. The second-order valence-corrected chi connectivity index (χ2v) is 9.19. The predicted molar refractivity (Wildman–Crippen MR) is 146 cm³/mol. The molecule has 0 radical (unpaired) electrons. The topological polar surface area (TPSA) is 183 Å². The minimum absolute atomic E-state index is 0.0700. The number of aromatic nitrogens is 2. The Balaban J connectivity index is 1.72. The number of halogens is 3. The summed E-state index contributed by atoms with van der Waals surface area (Å²) >= 11 is 0. The zero-order valence-electron chi connectivity index (χ0n) is 22.0. The van der Waals surface area contributed by atoms with Crippen molar-refractivity contribution in [1.82, 2.24) is 20.2 Å². The minimum atomic E-state index is -4.53. The number of urea groups is 1. The molecule has 216 valence electrons. The first-order chi connectivity index (χ1) is 19.5. The molecule has 0 saturated carbocycles. The fourth-order valence-corrected chi connectivity index (χ4v) is 3.97. The zero-order valence-corrected chi connectivity index (χ0v) is 22.0. The van der Waals surface area contributed by atoms with Crippen LogP contribution in [-0.2, 0) is 9.53 Å². The van der Waals surface area contributed by atoms with Gasteiger partial charge in [0.1, 0.15) is 24.5 Å². The van der Waals surface area contributed by atoms with Crippen LogP contribution < -0.4 is 10.6 Å². The number of nitrogens with zero attached hydrogens (tertiary/aromatic N) is 4. The van der Waals surface area contributed by atoms with Crippen molar-refractivity contribution in [3.05, 3.63) is 41.9 Å². The molecular weight excluding hydrogens is 543 g/mol. The number of carbonyl (C=O) groups excluding carboxylic acids is 2. The van der Waals surface area contributed by atoms with E-state index in [0.29, 0.717) is 22.7 Å². The number of ether oxygens (including phenoxy) is 1. The summed E-state index contributed by atoms with van der Waals surface area (Å²) in [5.74, 6) is -0.561. The van der Waals surface area contributed by atoms with Gasteiger partial charge in [-0.2, -0.15) is 18.4 Å². The van der Waals surface area contributed by atoms with Crippen molar-refractivity contribution in [2.45, 2.75) is 18.1 Å². The van der Waals surface area contributed by atoms with E-state index in [-0.39, 0.29) is 37.7 Å². The van der Waals surface area contributed by atoms with E-state index in [9.17, 15) is 28.0 Å². The van der Waals surface area contributed by atoms with Crippen LogP contribution in [0.25, 0.3) is 17.3 Å². The Bertz CT molecular complexity index is 1370. The molecule has 5 N–H and O–H groups in total. The van der Waals surface area contributed by atoms with Crippen LogP contribution in [-0.4, -0.2) is 90.5 Å². The summed E-state index contributed by atoms with van der Waals surface area (Å²) in [7, 11) is 1.42. The van der Waals surface area contributed by atoms with Gasteiger partial charge in [-0.05, 0) is 23.8 Å². The summed E-state index contributed by atoms with van der Waals surface area (Å²) in [5, 5.41) is 29.0. The molecule has 0 aliphatic carbocycles. The number of hydrogen-bond acceptors (Lipinski definition) is 8. The van der Waals surface area contributed by atoms with Crippen molar-refractivity contribution in [3.63, 3.8) is 0 Å². The molecule has 1 atom stereocenters. The fraction of sp³-hybridized carbons (Fsp3) is 0.346. The van der Waals surface area contributed by atoms with E-state index < -0.39 is 30.2 Å². The van der Waals surface area contributed by atoms with E-state index in [2.05, 4.69) is 26.3 Å². The monoisotopic (exact) mass is 571 g/mol. The highest BCUT2D eigenvalue weighted by Gasteiger charge is 2.44. The molecule has 41 heavy (non-hydrogen) atoms. The summed E-state index contributed by atoms with van der Waals surface area (Å²) in [4.78, 5) is 37.2. The number of rotatable bonds is 12. The second kappa shape index (κ2) is 13.5. The molecule has 1 aromatic carbocycles. The second-order valence-electron chi connectivity index (χ2n) is 9.19. The molecule has 15 heteroatoms. The molecule has 1 fully saturated rings. The highest BCUT2D eigenvalue weighted by atomic mass is 19.4. The fourth-order valence-electron chi connectivity index (χ4n) is 3.97. The number of nitrogens with one attached hydrogen (secondary N) is 5. The molecule has 1 unspecified atom stereocenters. The molecule has 1 saturated heterocycles. The van der Waals surface area contributed by atoms with Crippen LogP contribution in [0.3, 0.4) is 0 Å². The van der Waals surface area contributed by atoms with Gasteiger partial charge in [-0.3, -0.25) is 9.79 Å². The Hall–Kier alpha value is -4.84. The molecule has 0 spiro atoms. The van der Waals surface area contributed by atoms with Crippen molar-refractivity contribution < 1.29 is 27.5 Å². The average molecular weight is 572 g/mol. The minimum Gasteiger partial charge on any atom is -0.375 e. The number of carbonyl (C=O) groups is 2. The Morgan fingerprint density at radius 2 is 2.12 bits per heavy atom. The van der Waals surface area contributed by atoms with E-state index in [1.165, 1.54) is 30.5 Å². The van der Waals surface area contributed by atoms with E-state index >= 15 is 0 Å². The molecule has 3 rings (SSSR count). The van der Waals surface area contributed by atoms with Crippen LogP contribution in [0, 0.1) is 28.1 Å². The van der Waals surface area contributed by atoms with Crippen molar-refractivity contribution in [1.29, 1.82) is 16.1 Å². The number of alkyl halides is 3. The highest BCUT2D eigenvalue weighted by Crippen LogP contribution is 2.29.